The second-order valence-corrected chi connectivity index (χ2v) is 4.62. The molecule has 0 bridgehead atoms. The van der Waals surface area contributed by atoms with Gasteiger partial charge in [-0.25, -0.2) is 0 Å². The largest absolute Gasteiger partial charge is 1.00 e. The molecule has 12 heavy (non-hydrogen) atoms. The van der Waals surface area contributed by atoms with Gasteiger partial charge in [0.25, 0.3) is 0 Å². The van der Waals surface area contributed by atoms with E-state index in [0.717, 1.165) is 5.69 Å². The van der Waals surface area contributed by atoms with E-state index < -0.39 is 0 Å². The van der Waals surface area contributed by atoms with Gasteiger partial charge in [0, 0.05) is 0 Å². The van der Waals surface area contributed by atoms with Gasteiger partial charge in [-0.3, -0.25) is 0 Å². The quantitative estimate of drug-likeness (QED) is 0.443. The molecule has 0 fully saturated rings. The molecule has 0 amide bonds. The molecule has 0 aliphatic heterocycles. The van der Waals surface area contributed by atoms with Crippen molar-refractivity contribution in [2.24, 2.45) is 0 Å². The smallest absolute Gasteiger partial charge is 1.00 e. The van der Waals surface area contributed by atoms with Gasteiger partial charge in [0.1, 0.15) is 0 Å². The number of aromatic nitrogens is 1. The third kappa shape index (κ3) is 3.29. The van der Waals surface area contributed by atoms with Crippen molar-refractivity contribution in [3.05, 3.63) is 24.0 Å². The van der Waals surface area contributed by atoms with Crippen molar-refractivity contribution in [2.75, 3.05) is 0 Å². The first-order valence-electron chi connectivity index (χ1n) is 3.78. The summed E-state index contributed by atoms with van der Waals surface area (Å²) >= 11 is 1.86. The summed E-state index contributed by atoms with van der Waals surface area (Å²) in [4.78, 5) is 4.36. The number of rotatable bonds is 0. The van der Waals surface area contributed by atoms with E-state index in [9.17, 15) is 0 Å². The van der Waals surface area contributed by atoms with Crippen LogP contribution in [0, 0.1) is 0 Å². The maximum absolute atomic E-state index is 4.36. The predicted octanol–water partition coefficient (Wildman–Crippen LogP) is -1.82. The SMILES string of the molecule is CC(C)(C)c1cc[c]([Mg+])cn1.[Cl-]. The summed E-state index contributed by atoms with van der Waals surface area (Å²) in [7, 11) is 0. The molecule has 1 aromatic rings. The topological polar surface area (TPSA) is 12.9 Å². The Hall–Kier alpha value is 0.206. The molecule has 0 atom stereocenters. The minimum Gasteiger partial charge on any atom is -1.00 e. The molecule has 0 radical (unpaired) electrons. The Morgan fingerprint density at radius 2 is 1.83 bits per heavy atom. The number of hydrogen-bond acceptors (Lipinski definition) is 1. The van der Waals surface area contributed by atoms with Crippen LogP contribution in [-0.2, 0) is 5.41 Å². The Bertz CT molecular complexity index is 238. The van der Waals surface area contributed by atoms with Crippen LogP contribution in [0.15, 0.2) is 18.3 Å². The zero-order chi connectivity index (χ0) is 8.48. The van der Waals surface area contributed by atoms with Crippen LogP contribution < -0.4 is 16.1 Å². The van der Waals surface area contributed by atoms with Gasteiger partial charge in [0.15, 0.2) is 0 Å². The van der Waals surface area contributed by atoms with Crippen LogP contribution in [0.25, 0.3) is 0 Å². The number of pyridine rings is 1. The molecular formula is C9H12ClMgN. The Kier molecular flexibility index (Phi) is 4.52. The van der Waals surface area contributed by atoms with Crippen molar-refractivity contribution in [3.8, 4) is 0 Å². The minimum absolute atomic E-state index is 0. The van der Waals surface area contributed by atoms with Gasteiger partial charge < -0.3 is 12.4 Å². The first kappa shape index (κ1) is 12.2. The van der Waals surface area contributed by atoms with E-state index in [1.54, 1.807) is 0 Å². The van der Waals surface area contributed by atoms with Crippen molar-refractivity contribution in [3.63, 3.8) is 0 Å². The number of hydrogen-bond donors (Lipinski definition) is 0. The van der Waals surface area contributed by atoms with Crippen LogP contribution in [-0.4, -0.2) is 26.7 Å². The third-order valence-electron chi connectivity index (χ3n) is 1.59. The Morgan fingerprint density at radius 1 is 1.25 bits per heavy atom. The van der Waals surface area contributed by atoms with E-state index in [1.165, 1.54) is 3.69 Å². The number of halogens is 1. The standard InChI is InChI=1S/C9H12N.ClH.Mg/c1-9(2,3)8-6-4-5-7-10-8;;/h4,6-7H,1-3H3;1H;/q;;+1/p-1. The van der Waals surface area contributed by atoms with E-state index in [-0.39, 0.29) is 17.8 Å². The number of nitrogens with zero attached hydrogens (tertiary/aromatic N) is 1. The van der Waals surface area contributed by atoms with E-state index >= 15 is 0 Å². The third-order valence-corrected chi connectivity index (χ3v) is 2.01. The summed E-state index contributed by atoms with van der Waals surface area (Å²) in [6.45, 7) is 6.52. The van der Waals surface area contributed by atoms with Crippen LogP contribution in [0.1, 0.15) is 26.5 Å². The molecule has 1 nitrogen and oxygen atoms in total. The molecule has 0 saturated heterocycles. The molecule has 1 aromatic heterocycles. The van der Waals surface area contributed by atoms with Gasteiger partial charge in [-0.1, -0.05) is 0 Å². The van der Waals surface area contributed by atoms with E-state index in [2.05, 4.69) is 37.9 Å². The fraction of sp³-hybridized carbons (Fsp3) is 0.444. The molecular weight excluding hydrogens is 182 g/mol. The predicted molar refractivity (Wildman–Crippen MR) is 48.3 cm³/mol. The Morgan fingerprint density at radius 3 is 2.17 bits per heavy atom. The molecule has 0 unspecified atom stereocenters. The second-order valence-electron chi connectivity index (χ2n) is 3.80. The average Bonchev–Trinajstić information content (AvgIpc) is 1.86. The zero-order valence-corrected chi connectivity index (χ0v) is 9.93. The molecule has 3 heteroatoms. The van der Waals surface area contributed by atoms with Crippen molar-refractivity contribution in [1.29, 1.82) is 0 Å². The van der Waals surface area contributed by atoms with Crippen molar-refractivity contribution in [1.82, 2.24) is 4.98 Å². The molecule has 0 N–H and O–H groups in total. The Balaban J connectivity index is 0.00000121. The normalized spacial score (nSPS) is 10.8. The molecule has 0 aromatic carbocycles. The summed E-state index contributed by atoms with van der Waals surface area (Å²) in [6, 6.07) is 4.22. The summed E-state index contributed by atoms with van der Waals surface area (Å²) < 4.78 is 1.25. The van der Waals surface area contributed by atoms with Crippen LogP contribution in [0.3, 0.4) is 0 Å². The summed E-state index contributed by atoms with van der Waals surface area (Å²) in [5.41, 5.74) is 1.34. The summed E-state index contributed by atoms with van der Waals surface area (Å²) in [5.74, 6) is 0. The fourth-order valence-corrected chi connectivity index (χ4v) is 1.08. The van der Waals surface area contributed by atoms with E-state index in [0.29, 0.717) is 0 Å². The Labute approximate surface area is 92.8 Å². The van der Waals surface area contributed by atoms with Gasteiger partial charge in [-0.05, 0) is 0 Å². The first-order chi connectivity index (χ1) is 5.00. The minimum atomic E-state index is 0. The van der Waals surface area contributed by atoms with Crippen molar-refractivity contribution < 1.29 is 12.4 Å². The molecule has 62 valence electrons. The molecule has 0 aliphatic carbocycles. The van der Waals surface area contributed by atoms with Crippen LogP contribution in [0.4, 0.5) is 0 Å². The van der Waals surface area contributed by atoms with Gasteiger partial charge in [-0.15, -0.1) is 0 Å². The van der Waals surface area contributed by atoms with E-state index in [1.807, 2.05) is 27.9 Å². The first-order valence-corrected chi connectivity index (χ1v) is 4.49. The van der Waals surface area contributed by atoms with Gasteiger partial charge in [-0.2, -0.15) is 0 Å². The molecule has 0 aliphatic rings. The molecule has 0 spiro atoms. The van der Waals surface area contributed by atoms with Crippen molar-refractivity contribution in [2.45, 2.75) is 26.2 Å². The van der Waals surface area contributed by atoms with Crippen LogP contribution >= 0.6 is 0 Å². The summed E-state index contributed by atoms with van der Waals surface area (Å²) in [5, 5.41) is 0. The van der Waals surface area contributed by atoms with E-state index in [4.69, 9.17) is 0 Å². The monoisotopic (exact) mass is 193 g/mol. The summed E-state index contributed by atoms with van der Waals surface area (Å²) in [6.07, 6.45) is 1.93. The zero-order valence-electron chi connectivity index (χ0n) is 7.76. The molecule has 1 heterocycles. The van der Waals surface area contributed by atoms with Gasteiger partial charge in [0.05, 0.1) is 0 Å². The van der Waals surface area contributed by atoms with Crippen LogP contribution in [0.5, 0.6) is 0 Å². The average molecular weight is 194 g/mol. The molecule has 1 rings (SSSR count). The van der Waals surface area contributed by atoms with Gasteiger partial charge in [0.2, 0.25) is 0 Å². The maximum atomic E-state index is 4.36. The van der Waals surface area contributed by atoms with Gasteiger partial charge >= 0.3 is 80.6 Å². The molecule has 0 saturated carbocycles. The van der Waals surface area contributed by atoms with Crippen LogP contribution in [0.2, 0.25) is 0 Å². The maximum Gasteiger partial charge on any atom is -1.00 e. The fourth-order valence-electron chi connectivity index (χ4n) is 0.868. The van der Waals surface area contributed by atoms with Crippen molar-refractivity contribution >= 4 is 25.4 Å². The second kappa shape index (κ2) is 4.44.